The van der Waals surface area contributed by atoms with Crippen molar-refractivity contribution in [3.05, 3.63) is 58.0 Å². The number of hydrogen-bond donors (Lipinski definition) is 1. The average Bonchev–Trinajstić information content (AvgIpc) is 3.31. The molecule has 0 radical (unpaired) electrons. The van der Waals surface area contributed by atoms with Crippen molar-refractivity contribution in [3.8, 4) is 0 Å². The molecule has 1 aromatic heterocycles. The Hall–Kier alpha value is -2.25. The van der Waals surface area contributed by atoms with E-state index in [-0.39, 0.29) is 23.2 Å². The topological polar surface area (TPSA) is 52.7 Å². The van der Waals surface area contributed by atoms with Crippen molar-refractivity contribution in [3.63, 3.8) is 0 Å². The Morgan fingerprint density at radius 1 is 1.16 bits per heavy atom. The van der Waals surface area contributed by atoms with Crippen LogP contribution in [0.3, 0.4) is 0 Å². The molecule has 1 N–H and O–H groups in total. The third-order valence-corrected chi connectivity index (χ3v) is 7.14. The van der Waals surface area contributed by atoms with Gasteiger partial charge in [-0.15, -0.1) is 0 Å². The van der Waals surface area contributed by atoms with Gasteiger partial charge in [-0.3, -0.25) is 14.5 Å². The molecule has 4 rings (SSSR count). The number of nitrogens with zero attached hydrogens (tertiary/aromatic N) is 2. The molecule has 2 aliphatic heterocycles. The minimum absolute atomic E-state index is 0.0884. The lowest BCUT2D eigenvalue weighted by atomic mass is 9.85. The summed E-state index contributed by atoms with van der Waals surface area (Å²) in [7, 11) is 0. The van der Waals surface area contributed by atoms with Crippen molar-refractivity contribution in [1.29, 1.82) is 0 Å². The molecule has 2 fully saturated rings. The molecule has 166 valence electrons. The summed E-state index contributed by atoms with van der Waals surface area (Å²) in [6.07, 6.45) is 4.16. The molecule has 31 heavy (non-hydrogen) atoms. The van der Waals surface area contributed by atoms with Crippen molar-refractivity contribution in [2.45, 2.75) is 50.6 Å². The molecular formula is C24H30FN3O2S. The minimum Gasteiger partial charge on any atom is -0.350 e. The Labute approximate surface area is 187 Å². The van der Waals surface area contributed by atoms with E-state index in [1.165, 1.54) is 11.6 Å². The van der Waals surface area contributed by atoms with E-state index in [1.807, 2.05) is 11.0 Å². The van der Waals surface area contributed by atoms with Crippen molar-refractivity contribution >= 4 is 23.2 Å². The lowest BCUT2D eigenvalue weighted by Crippen LogP contribution is -2.45. The van der Waals surface area contributed by atoms with Gasteiger partial charge in [0.2, 0.25) is 11.8 Å². The van der Waals surface area contributed by atoms with Gasteiger partial charge < -0.3 is 10.2 Å². The first-order valence-corrected chi connectivity index (χ1v) is 12.0. The van der Waals surface area contributed by atoms with Crippen molar-refractivity contribution in [1.82, 2.24) is 15.1 Å². The van der Waals surface area contributed by atoms with E-state index >= 15 is 0 Å². The second kappa shape index (κ2) is 9.92. The predicted octanol–water partition coefficient (Wildman–Crippen LogP) is 3.59. The van der Waals surface area contributed by atoms with E-state index in [9.17, 15) is 14.0 Å². The highest BCUT2D eigenvalue weighted by atomic mass is 32.1. The molecule has 5 nitrogen and oxygen atoms in total. The highest BCUT2D eigenvalue weighted by molar-refractivity contribution is 7.07. The first-order valence-electron chi connectivity index (χ1n) is 11.1. The zero-order chi connectivity index (χ0) is 21.7. The number of hydrogen-bond acceptors (Lipinski definition) is 4. The molecule has 0 spiro atoms. The van der Waals surface area contributed by atoms with Crippen molar-refractivity contribution in [2.75, 3.05) is 26.2 Å². The smallest absolute Gasteiger partial charge is 0.222 e. The molecule has 2 saturated heterocycles. The van der Waals surface area contributed by atoms with E-state index in [2.05, 4.69) is 27.0 Å². The van der Waals surface area contributed by atoms with Gasteiger partial charge in [-0.1, -0.05) is 12.1 Å². The van der Waals surface area contributed by atoms with Gasteiger partial charge in [0, 0.05) is 51.1 Å². The molecule has 0 bridgehead atoms. The fourth-order valence-corrected chi connectivity index (χ4v) is 5.41. The first kappa shape index (κ1) is 22.0. The van der Waals surface area contributed by atoms with Gasteiger partial charge in [-0.2, -0.15) is 11.3 Å². The summed E-state index contributed by atoms with van der Waals surface area (Å²) in [5.74, 6) is 0.0448. The van der Waals surface area contributed by atoms with E-state index in [4.69, 9.17) is 0 Å². The quantitative estimate of drug-likeness (QED) is 0.712. The van der Waals surface area contributed by atoms with Crippen molar-refractivity contribution < 1.29 is 14.0 Å². The zero-order valence-corrected chi connectivity index (χ0v) is 18.6. The summed E-state index contributed by atoms with van der Waals surface area (Å²) >= 11 is 1.66. The van der Waals surface area contributed by atoms with E-state index in [0.717, 1.165) is 44.5 Å². The number of benzene rings is 1. The van der Waals surface area contributed by atoms with Crippen molar-refractivity contribution in [2.24, 2.45) is 0 Å². The first-order chi connectivity index (χ1) is 15.0. The molecule has 7 heteroatoms. The van der Waals surface area contributed by atoms with Gasteiger partial charge >= 0.3 is 0 Å². The number of thiophene rings is 1. The summed E-state index contributed by atoms with van der Waals surface area (Å²) in [5, 5.41) is 7.35. The van der Waals surface area contributed by atoms with Gasteiger partial charge in [0.1, 0.15) is 5.82 Å². The molecule has 1 atom stereocenters. The molecule has 2 amide bonds. The number of carbonyl (C=O) groups is 2. The summed E-state index contributed by atoms with van der Waals surface area (Å²) in [5.41, 5.74) is 1.89. The fourth-order valence-electron chi connectivity index (χ4n) is 4.74. The van der Waals surface area contributed by atoms with E-state index in [0.29, 0.717) is 32.4 Å². The molecule has 2 aromatic rings. The maximum atomic E-state index is 13.5. The van der Waals surface area contributed by atoms with Gasteiger partial charge in [0.05, 0.1) is 0 Å². The normalized spacial score (nSPS) is 22.4. The number of halogens is 1. The highest BCUT2D eigenvalue weighted by Gasteiger charge is 2.38. The fraction of sp³-hybridized carbons (Fsp3) is 0.500. The highest BCUT2D eigenvalue weighted by Crippen LogP contribution is 2.30. The molecular weight excluding hydrogens is 413 g/mol. The van der Waals surface area contributed by atoms with Gasteiger partial charge in [0.25, 0.3) is 0 Å². The van der Waals surface area contributed by atoms with Crippen LogP contribution in [0.4, 0.5) is 4.39 Å². The SMILES string of the molecule is O=C1CC[C@](CCC(=O)N2CCCN(Cc3cccc(F)c3)CC2)(Cc2ccsc2)N1. The summed E-state index contributed by atoms with van der Waals surface area (Å²) in [6, 6.07) is 8.83. The Kier molecular flexibility index (Phi) is 7.02. The van der Waals surface area contributed by atoms with Crippen LogP contribution < -0.4 is 5.32 Å². The number of carbonyl (C=O) groups excluding carboxylic acids is 2. The third kappa shape index (κ3) is 5.92. The van der Waals surface area contributed by atoms with Crippen LogP contribution in [0.15, 0.2) is 41.1 Å². The summed E-state index contributed by atoms with van der Waals surface area (Å²) in [6.45, 7) is 3.84. The zero-order valence-electron chi connectivity index (χ0n) is 17.8. The second-order valence-electron chi connectivity index (χ2n) is 8.78. The molecule has 1 aromatic carbocycles. The predicted molar refractivity (Wildman–Crippen MR) is 120 cm³/mol. The molecule has 0 unspecified atom stereocenters. The van der Waals surface area contributed by atoms with Crippen LogP contribution in [-0.2, 0) is 22.6 Å². The Morgan fingerprint density at radius 2 is 2.06 bits per heavy atom. The van der Waals surface area contributed by atoms with Crippen LogP contribution in [-0.4, -0.2) is 53.3 Å². The maximum absolute atomic E-state index is 13.5. The molecule has 2 aliphatic rings. The summed E-state index contributed by atoms with van der Waals surface area (Å²) in [4.78, 5) is 29.2. The number of rotatable bonds is 7. The lowest BCUT2D eigenvalue weighted by Gasteiger charge is -2.30. The number of amides is 2. The summed E-state index contributed by atoms with van der Waals surface area (Å²) < 4.78 is 13.5. The monoisotopic (exact) mass is 443 g/mol. The van der Waals surface area contributed by atoms with Crippen LogP contribution in [0.25, 0.3) is 0 Å². The van der Waals surface area contributed by atoms with Crippen LogP contribution in [0.5, 0.6) is 0 Å². The maximum Gasteiger partial charge on any atom is 0.222 e. The van der Waals surface area contributed by atoms with Crippen LogP contribution >= 0.6 is 11.3 Å². The second-order valence-corrected chi connectivity index (χ2v) is 9.56. The third-order valence-electron chi connectivity index (χ3n) is 6.41. The van der Waals surface area contributed by atoms with Crippen LogP contribution in [0.1, 0.15) is 43.2 Å². The Morgan fingerprint density at radius 3 is 2.81 bits per heavy atom. The van der Waals surface area contributed by atoms with Crippen LogP contribution in [0.2, 0.25) is 0 Å². The number of nitrogens with one attached hydrogen (secondary N) is 1. The van der Waals surface area contributed by atoms with Gasteiger partial charge in [-0.05, 0) is 65.8 Å². The standard InChI is InChI=1S/C24H30FN3O2S/c25-21-4-1-3-19(15-21)17-27-10-2-11-28(13-12-27)23(30)6-9-24(8-5-22(29)26-24)16-20-7-14-31-18-20/h1,3-4,7,14-15,18H,2,5-6,8-13,16-17H2,(H,26,29)/t24-/m0/s1. The van der Waals surface area contributed by atoms with E-state index in [1.54, 1.807) is 23.5 Å². The van der Waals surface area contributed by atoms with E-state index < -0.39 is 0 Å². The Balaban J connectivity index is 1.30. The van der Waals surface area contributed by atoms with Gasteiger partial charge in [-0.25, -0.2) is 4.39 Å². The minimum atomic E-state index is -0.302. The Bertz CT molecular complexity index is 904. The lowest BCUT2D eigenvalue weighted by molar-refractivity contribution is -0.131. The molecule has 0 aliphatic carbocycles. The average molecular weight is 444 g/mol. The van der Waals surface area contributed by atoms with Crippen LogP contribution in [0, 0.1) is 5.82 Å². The largest absolute Gasteiger partial charge is 0.350 e. The molecule has 3 heterocycles. The van der Waals surface area contributed by atoms with Gasteiger partial charge in [0.15, 0.2) is 0 Å². The molecule has 0 saturated carbocycles.